The van der Waals surface area contributed by atoms with Crippen molar-refractivity contribution in [3.05, 3.63) is 29.0 Å². The summed E-state index contributed by atoms with van der Waals surface area (Å²) in [5.41, 5.74) is 0.931. The summed E-state index contributed by atoms with van der Waals surface area (Å²) in [6.45, 7) is 1.89. The van der Waals surface area contributed by atoms with Crippen LogP contribution in [-0.2, 0) is 11.2 Å². The normalized spacial score (nSPS) is 10.6. The third kappa shape index (κ3) is 3.17. The first-order valence-corrected chi connectivity index (χ1v) is 6.26. The maximum absolute atomic E-state index is 10.4. The van der Waals surface area contributed by atoms with Gasteiger partial charge in [0, 0.05) is 11.8 Å². The van der Waals surface area contributed by atoms with Crippen molar-refractivity contribution >= 4 is 17.3 Å². The molecule has 1 N–H and O–H groups in total. The quantitative estimate of drug-likeness (QED) is 0.886. The maximum Gasteiger partial charge on any atom is 0.303 e. The van der Waals surface area contributed by atoms with Crippen molar-refractivity contribution in [1.29, 1.82) is 0 Å². The number of carboxylic acid groups (broad SMARTS) is 1. The van der Waals surface area contributed by atoms with Gasteiger partial charge in [-0.3, -0.25) is 4.79 Å². The maximum atomic E-state index is 10.4. The van der Waals surface area contributed by atoms with Crippen LogP contribution < -0.4 is 0 Å². The van der Waals surface area contributed by atoms with Gasteiger partial charge in [0.1, 0.15) is 5.76 Å². The van der Waals surface area contributed by atoms with E-state index in [0.717, 1.165) is 22.2 Å². The molecule has 2 heterocycles. The van der Waals surface area contributed by atoms with E-state index in [-0.39, 0.29) is 6.42 Å². The van der Waals surface area contributed by atoms with Crippen molar-refractivity contribution in [2.45, 2.75) is 26.2 Å². The molecule has 0 unspecified atom stereocenters. The van der Waals surface area contributed by atoms with E-state index in [1.807, 2.05) is 24.4 Å². The Morgan fingerprint density at radius 3 is 3.00 bits per heavy atom. The lowest BCUT2D eigenvalue weighted by Gasteiger charge is -1.93. The van der Waals surface area contributed by atoms with E-state index in [2.05, 4.69) is 4.98 Å². The summed E-state index contributed by atoms with van der Waals surface area (Å²) in [6.07, 6.45) is 1.50. The molecule has 0 spiro atoms. The number of carbonyl (C=O) groups is 1. The largest absolute Gasteiger partial charge is 0.481 e. The molecule has 2 aromatic rings. The number of hydrogen-bond donors (Lipinski definition) is 1. The van der Waals surface area contributed by atoms with Gasteiger partial charge in [-0.05, 0) is 31.9 Å². The summed E-state index contributed by atoms with van der Waals surface area (Å²) in [5, 5.41) is 11.3. The van der Waals surface area contributed by atoms with Crippen molar-refractivity contribution in [3.8, 4) is 10.8 Å². The second-order valence-corrected chi connectivity index (χ2v) is 4.66. The molecule has 17 heavy (non-hydrogen) atoms. The average molecular weight is 251 g/mol. The predicted octanol–water partition coefficient (Wildman–Crippen LogP) is 3.12. The number of rotatable bonds is 5. The number of hydrogen-bond acceptors (Lipinski definition) is 4. The number of thiazole rings is 1. The second-order valence-electron chi connectivity index (χ2n) is 3.80. The van der Waals surface area contributed by atoms with Gasteiger partial charge < -0.3 is 9.52 Å². The summed E-state index contributed by atoms with van der Waals surface area (Å²) in [4.78, 5) is 14.8. The summed E-state index contributed by atoms with van der Waals surface area (Å²) < 4.78 is 5.48. The molecule has 0 bridgehead atoms. The highest BCUT2D eigenvalue weighted by atomic mass is 32.1. The molecule has 4 nitrogen and oxygen atoms in total. The Morgan fingerprint density at radius 1 is 1.53 bits per heavy atom. The Morgan fingerprint density at radius 2 is 2.35 bits per heavy atom. The van der Waals surface area contributed by atoms with Gasteiger partial charge in [-0.25, -0.2) is 4.98 Å². The zero-order chi connectivity index (χ0) is 12.3. The molecule has 0 aliphatic rings. The summed E-state index contributed by atoms with van der Waals surface area (Å²) in [6, 6.07) is 3.80. The van der Waals surface area contributed by atoms with Crippen molar-refractivity contribution in [1.82, 2.24) is 4.98 Å². The number of nitrogens with zero attached hydrogens (tertiary/aromatic N) is 1. The minimum Gasteiger partial charge on any atom is -0.481 e. The topological polar surface area (TPSA) is 63.3 Å². The predicted molar refractivity (Wildman–Crippen MR) is 65.1 cm³/mol. The fourth-order valence-electron chi connectivity index (χ4n) is 1.51. The number of furan rings is 1. The Labute approximate surface area is 103 Å². The molecular formula is C12H13NO3S. The fraction of sp³-hybridized carbons (Fsp3) is 0.333. The molecule has 0 aromatic carbocycles. The van der Waals surface area contributed by atoms with Gasteiger partial charge in [0.15, 0.2) is 10.8 Å². The van der Waals surface area contributed by atoms with E-state index in [1.165, 1.54) is 11.3 Å². The molecule has 0 fully saturated rings. The first-order valence-electron chi connectivity index (χ1n) is 5.38. The van der Waals surface area contributed by atoms with Gasteiger partial charge in [0.25, 0.3) is 0 Å². The van der Waals surface area contributed by atoms with E-state index >= 15 is 0 Å². The number of carboxylic acids is 1. The van der Waals surface area contributed by atoms with E-state index in [4.69, 9.17) is 9.52 Å². The van der Waals surface area contributed by atoms with Gasteiger partial charge in [-0.1, -0.05) is 0 Å². The van der Waals surface area contributed by atoms with E-state index in [1.54, 1.807) is 0 Å². The van der Waals surface area contributed by atoms with Crippen LogP contribution in [0.2, 0.25) is 0 Å². The van der Waals surface area contributed by atoms with Crippen LogP contribution in [0.3, 0.4) is 0 Å². The summed E-state index contributed by atoms with van der Waals surface area (Å²) in [5.74, 6) is 0.877. The molecule has 0 radical (unpaired) electrons. The van der Waals surface area contributed by atoms with Crippen molar-refractivity contribution in [3.63, 3.8) is 0 Å². The molecule has 0 aliphatic carbocycles. The van der Waals surface area contributed by atoms with Crippen LogP contribution in [-0.4, -0.2) is 16.1 Å². The van der Waals surface area contributed by atoms with Crippen LogP contribution in [0, 0.1) is 6.92 Å². The summed E-state index contributed by atoms with van der Waals surface area (Å²) in [7, 11) is 0. The fourth-order valence-corrected chi connectivity index (χ4v) is 2.32. The first-order chi connectivity index (χ1) is 8.15. The Balaban J connectivity index is 1.98. The Bertz CT molecular complexity index is 515. The molecule has 2 aromatic heterocycles. The third-order valence-corrected chi connectivity index (χ3v) is 3.23. The molecule has 0 aliphatic heterocycles. The Kier molecular flexibility index (Phi) is 3.58. The van der Waals surface area contributed by atoms with Gasteiger partial charge in [-0.15, -0.1) is 11.3 Å². The van der Waals surface area contributed by atoms with Crippen molar-refractivity contribution in [2.75, 3.05) is 0 Å². The monoisotopic (exact) mass is 251 g/mol. The van der Waals surface area contributed by atoms with Crippen LogP contribution in [0.1, 0.15) is 24.3 Å². The number of aryl methyl sites for hydroxylation is 2. The second kappa shape index (κ2) is 5.14. The molecule has 0 atom stereocenters. The average Bonchev–Trinajstić information content (AvgIpc) is 2.86. The van der Waals surface area contributed by atoms with Crippen LogP contribution in [0.5, 0.6) is 0 Å². The molecule has 90 valence electrons. The third-order valence-electron chi connectivity index (χ3n) is 2.33. The zero-order valence-electron chi connectivity index (χ0n) is 9.47. The van der Waals surface area contributed by atoms with Crippen LogP contribution in [0.15, 0.2) is 21.9 Å². The lowest BCUT2D eigenvalue weighted by atomic mass is 10.2. The highest BCUT2D eigenvalue weighted by molar-refractivity contribution is 7.13. The van der Waals surface area contributed by atoms with Crippen LogP contribution in [0.25, 0.3) is 10.8 Å². The summed E-state index contributed by atoms with van der Waals surface area (Å²) >= 11 is 1.52. The van der Waals surface area contributed by atoms with Crippen LogP contribution in [0.4, 0.5) is 0 Å². The SMILES string of the molecule is Cc1ccc(-c2nc(CCCC(=O)O)cs2)o1. The van der Waals surface area contributed by atoms with Gasteiger partial charge in [-0.2, -0.15) is 0 Å². The number of aromatic nitrogens is 1. The lowest BCUT2D eigenvalue weighted by molar-refractivity contribution is -0.137. The zero-order valence-corrected chi connectivity index (χ0v) is 10.3. The minimum atomic E-state index is -0.762. The van der Waals surface area contributed by atoms with Gasteiger partial charge >= 0.3 is 5.97 Å². The first kappa shape index (κ1) is 11.9. The molecule has 0 saturated carbocycles. The lowest BCUT2D eigenvalue weighted by Crippen LogP contribution is -1.95. The number of aliphatic carboxylic acids is 1. The molecule has 2 rings (SSSR count). The molecule has 0 amide bonds. The van der Waals surface area contributed by atoms with E-state index in [0.29, 0.717) is 12.8 Å². The van der Waals surface area contributed by atoms with Gasteiger partial charge in [0.05, 0.1) is 5.69 Å². The molecule has 5 heteroatoms. The minimum absolute atomic E-state index is 0.187. The molecule has 0 saturated heterocycles. The van der Waals surface area contributed by atoms with Crippen molar-refractivity contribution in [2.24, 2.45) is 0 Å². The smallest absolute Gasteiger partial charge is 0.303 e. The van der Waals surface area contributed by atoms with Crippen LogP contribution >= 0.6 is 11.3 Å². The standard InChI is InChI=1S/C12H13NO3S/c1-8-5-6-10(16-8)12-13-9(7-17-12)3-2-4-11(14)15/h5-7H,2-4H2,1H3,(H,14,15). The highest BCUT2D eigenvalue weighted by Gasteiger charge is 2.08. The molecular weight excluding hydrogens is 238 g/mol. The Hall–Kier alpha value is -1.62. The van der Waals surface area contributed by atoms with E-state index < -0.39 is 5.97 Å². The van der Waals surface area contributed by atoms with E-state index in [9.17, 15) is 4.79 Å². The van der Waals surface area contributed by atoms with Crippen molar-refractivity contribution < 1.29 is 14.3 Å². The highest BCUT2D eigenvalue weighted by Crippen LogP contribution is 2.25. The van der Waals surface area contributed by atoms with Gasteiger partial charge in [0.2, 0.25) is 0 Å².